The molecule has 0 fully saturated rings. The van der Waals surface area contributed by atoms with Crippen LogP contribution in [0.25, 0.3) is 11.3 Å². The Hall–Kier alpha value is -1.65. The number of hydrogen-bond acceptors (Lipinski definition) is 3. The number of aliphatic hydroxyl groups is 1. The Morgan fingerprint density at radius 3 is 2.84 bits per heavy atom. The second kappa shape index (κ2) is 5.99. The molecule has 0 aliphatic heterocycles. The highest BCUT2D eigenvalue weighted by atomic mass is 19.1. The molecule has 1 heterocycles. The lowest BCUT2D eigenvalue weighted by molar-refractivity contribution is 0.248. The van der Waals surface area contributed by atoms with Crippen molar-refractivity contribution in [3.63, 3.8) is 0 Å². The maximum absolute atomic E-state index is 13.5. The van der Waals surface area contributed by atoms with E-state index >= 15 is 0 Å². The van der Waals surface area contributed by atoms with E-state index in [-0.39, 0.29) is 18.5 Å². The Morgan fingerprint density at radius 2 is 2.11 bits per heavy atom. The first-order valence-electron chi connectivity index (χ1n) is 6.30. The lowest BCUT2D eigenvalue weighted by atomic mass is 10.1. The van der Waals surface area contributed by atoms with Gasteiger partial charge in [-0.05, 0) is 37.6 Å². The summed E-state index contributed by atoms with van der Waals surface area (Å²) in [5, 5.41) is 12.0. The van der Waals surface area contributed by atoms with E-state index in [2.05, 4.69) is 5.32 Å². The molecule has 19 heavy (non-hydrogen) atoms. The van der Waals surface area contributed by atoms with Crippen LogP contribution in [0.1, 0.15) is 18.2 Å². The summed E-state index contributed by atoms with van der Waals surface area (Å²) in [5.41, 5.74) is 1.35. The van der Waals surface area contributed by atoms with Crippen LogP contribution < -0.4 is 5.32 Å². The molecule has 0 saturated carbocycles. The normalized spacial score (nSPS) is 12.6. The fourth-order valence-electron chi connectivity index (χ4n) is 1.83. The van der Waals surface area contributed by atoms with Crippen LogP contribution in [0.15, 0.2) is 34.7 Å². The van der Waals surface area contributed by atoms with Gasteiger partial charge < -0.3 is 14.8 Å². The number of rotatable bonds is 5. The van der Waals surface area contributed by atoms with Crippen molar-refractivity contribution in [3.8, 4) is 11.3 Å². The maximum Gasteiger partial charge on any atom is 0.134 e. The predicted molar refractivity (Wildman–Crippen MR) is 72.2 cm³/mol. The third-order valence-corrected chi connectivity index (χ3v) is 3.09. The molecule has 2 rings (SSSR count). The van der Waals surface area contributed by atoms with Crippen LogP contribution in [-0.2, 0) is 6.54 Å². The lowest BCUT2D eigenvalue weighted by Gasteiger charge is -2.08. The first-order chi connectivity index (χ1) is 9.11. The molecule has 0 amide bonds. The summed E-state index contributed by atoms with van der Waals surface area (Å²) in [6.45, 7) is 4.24. The summed E-state index contributed by atoms with van der Waals surface area (Å²) in [7, 11) is 0. The molecule has 1 aromatic carbocycles. The topological polar surface area (TPSA) is 45.4 Å². The standard InChI is InChI=1S/C15H18FNO2/c1-10(9-18)17-8-12-6-7-15(19-12)13-4-3-5-14(16)11(13)2/h3-7,10,17-18H,8-9H2,1-2H3/t10-/m1/s1. The second-order valence-corrected chi connectivity index (χ2v) is 4.64. The highest BCUT2D eigenvalue weighted by molar-refractivity contribution is 5.62. The molecule has 1 aromatic heterocycles. The summed E-state index contributed by atoms with van der Waals surface area (Å²) in [4.78, 5) is 0. The summed E-state index contributed by atoms with van der Waals surface area (Å²) in [6.07, 6.45) is 0. The zero-order valence-electron chi connectivity index (χ0n) is 11.1. The third-order valence-electron chi connectivity index (χ3n) is 3.09. The number of halogens is 1. The molecule has 0 aliphatic rings. The zero-order chi connectivity index (χ0) is 13.8. The van der Waals surface area contributed by atoms with E-state index in [0.29, 0.717) is 17.9 Å². The zero-order valence-corrected chi connectivity index (χ0v) is 11.1. The molecule has 0 saturated heterocycles. The molecule has 0 unspecified atom stereocenters. The van der Waals surface area contributed by atoms with E-state index in [1.54, 1.807) is 13.0 Å². The highest BCUT2D eigenvalue weighted by Gasteiger charge is 2.10. The van der Waals surface area contributed by atoms with Gasteiger partial charge in [0.15, 0.2) is 0 Å². The van der Waals surface area contributed by atoms with E-state index < -0.39 is 0 Å². The van der Waals surface area contributed by atoms with Gasteiger partial charge in [-0.2, -0.15) is 0 Å². The van der Waals surface area contributed by atoms with Crippen molar-refractivity contribution in [2.45, 2.75) is 26.4 Å². The molecular formula is C15H18FNO2. The minimum atomic E-state index is -0.234. The highest BCUT2D eigenvalue weighted by Crippen LogP contribution is 2.26. The smallest absolute Gasteiger partial charge is 0.134 e. The van der Waals surface area contributed by atoms with Crippen molar-refractivity contribution in [1.29, 1.82) is 0 Å². The molecule has 0 radical (unpaired) electrons. The minimum Gasteiger partial charge on any atom is -0.460 e. The van der Waals surface area contributed by atoms with Crippen LogP contribution in [0.3, 0.4) is 0 Å². The van der Waals surface area contributed by atoms with Crippen molar-refractivity contribution < 1.29 is 13.9 Å². The van der Waals surface area contributed by atoms with Crippen molar-refractivity contribution in [3.05, 3.63) is 47.5 Å². The monoisotopic (exact) mass is 263 g/mol. The fourth-order valence-corrected chi connectivity index (χ4v) is 1.83. The molecule has 0 aliphatic carbocycles. The van der Waals surface area contributed by atoms with Crippen molar-refractivity contribution in [2.75, 3.05) is 6.61 Å². The number of furan rings is 1. The summed E-state index contributed by atoms with van der Waals surface area (Å²) in [6, 6.07) is 8.66. The first kappa shape index (κ1) is 13.8. The van der Waals surface area contributed by atoms with Crippen LogP contribution in [0, 0.1) is 12.7 Å². The average Bonchev–Trinajstić information content (AvgIpc) is 2.87. The van der Waals surface area contributed by atoms with Gasteiger partial charge in [0.2, 0.25) is 0 Å². The maximum atomic E-state index is 13.5. The number of nitrogens with one attached hydrogen (secondary N) is 1. The van der Waals surface area contributed by atoms with Gasteiger partial charge in [0, 0.05) is 11.6 Å². The number of hydrogen-bond donors (Lipinski definition) is 2. The third kappa shape index (κ3) is 3.22. The molecule has 0 spiro atoms. The van der Waals surface area contributed by atoms with Crippen LogP contribution in [0.4, 0.5) is 4.39 Å². The second-order valence-electron chi connectivity index (χ2n) is 4.64. The van der Waals surface area contributed by atoms with E-state index in [4.69, 9.17) is 9.52 Å². The van der Waals surface area contributed by atoms with Crippen LogP contribution >= 0.6 is 0 Å². The molecule has 0 bridgehead atoms. The Morgan fingerprint density at radius 1 is 1.32 bits per heavy atom. The fraction of sp³-hybridized carbons (Fsp3) is 0.333. The largest absolute Gasteiger partial charge is 0.460 e. The first-order valence-corrected chi connectivity index (χ1v) is 6.30. The van der Waals surface area contributed by atoms with E-state index in [0.717, 1.165) is 11.3 Å². The van der Waals surface area contributed by atoms with E-state index in [1.807, 2.05) is 25.1 Å². The average molecular weight is 263 g/mol. The van der Waals surface area contributed by atoms with Gasteiger partial charge in [0.1, 0.15) is 17.3 Å². The van der Waals surface area contributed by atoms with E-state index in [1.165, 1.54) is 6.07 Å². The molecule has 1 atom stereocenters. The molecule has 3 nitrogen and oxygen atoms in total. The van der Waals surface area contributed by atoms with Gasteiger partial charge >= 0.3 is 0 Å². The number of benzene rings is 1. The van der Waals surface area contributed by atoms with E-state index in [9.17, 15) is 4.39 Å². The molecule has 4 heteroatoms. The summed E-state index contributed by atoms with van der Waals surface area (Å²) >= 11 is 0. The molecule has 2 N–H and O–H groups in total. The summed E-state index contributed by atoms with van der Waals surface area (Å²) in [5.74, 6) is 1.19. The Kier molecular flexibility index (Phi) is 4.35. The van der Waals surface area contributed by atoms with Crippen molar-refractivity contribution >= 4 is 0 Å². The lowest BCUT2D eigenvalue weighted by Crippen LogP contribution is -2.28. The predicted octanol–water partition coefficient (Wildman–Crippen LogP) is 2.86. The van der Waals surface area contributed by atoms with Gasteiger partial charge in [-0.15, -0.1) is 0 Å². The van der Waals surface area contributed by atoms with Crippen LogP contribution in [0.2, 0.25) is 0 Å². The van der Waals surface area contributed by atoms with Gasteiger partial charge in [0.05, 0.1) is 13.2 Å². The summed E-state index contributed by atoms with van der Waals surface area (Å²) < 4.78 is 19.2. The molecule has 2 aromatic rings. The van der Waals surface area contributed by atoms with Gasteiger partial charge in [-0.25, -0.2) is 4.39 Å². The van der Waals surface area contributed by atoms with Gasteiger partial charge in [0.25, 0.3) is 0 Å². The quantitative estimate of drug-likeness (QED) is 0.872. The minimum absolute atomic E-state index is 0.0180. The Balaban J connectivity index is 2.14. The number of aliphatic hydroxyl groups excluding tert-OH is 1. The van der Waals surface area contributed by atoms with Crippen molar-refractivity contribution in [1.82, 2.24) is 5.32 Å². The van der Waals surface area contributed by atoms with Crippen LogP contribution in [-0.4, -0.2) is 17.8 Å². The Labute approximate surface area is 112 Å². The van der Waals surface area contributed by atoms with Gasteiger partial charge in [-0.1, -0.05) is 12.1 Å². The van der Waals surface area contributed by atoms with Gasteiger partial charge in [-0.3, -0.25) is 0 Å². The SMILES string of the molecule is Cc1c(F)cccc1-c1ccc(CN[C@H](C)CO)o1. The molecular weight excluding hydrogens is 245 g/mol. The Bertz CT molecular complexity index is 551. The van der Waals surface area contributed by atoms with Crippen LogP contribution in [0.5, 0.6) is 0 Å². The molecule has 102 valence electrons. The van der Waals surface area contributed by atoms with Crippen molar-refractivity contribution in [2.24, 2.45) is 0 Å².